The van der Waals surface area contributed by atoms with Crippen molar-refractivity contribution in [3.63, 3.8) is 0 Å². The van der Waals surface area contributed by atoms with Crippen LogP contribution < -0.4 is 4.74 Å². The van der Waals surface area contributed by atoms with Gasteiger partial charge in [-0.25, -0.2) is 4.79 Å². The Morgan fingerprint density at radius 2 is 1.71 bits per heavy atom. The Bertz CT molecular complexity index is 1400. The Labute approximate surface area is 195 Å². The number of para-hydroxylation sites is 2. The van der Waals surface area contributed by atoms with Gasteiger partial charge in [-0.2, -0.15) is 0 Å². The number of fused-ring (bicyclic) bond motifs is 1. The summed E-state index contributed by atoms with van der Waals surface area (Å²) in [5, 5.41) is 40.2. The normalized spacial score (nSPS) is 14.2. The van der Waals surface area contributed by atoms with E-state index in [1.807, 2.05) is 28.8 Å². The Balaban J connectivity index is 1.53. The fraction of sp³-hybridized carbons (Fsp3) is 0.192. The number of ether oxygens (including phenoxy) is 1. The molecule has 8 heteroatoms. The summed E-state index contributed by atoms with van der Waals surface area (Å²) in [6, 6.07) is 19.4. The molecule has 1 aliphatic rings. The number of carboxylic acid groups (broad SMARTS) is 1. The quantitative estimate of drug-likeness (QED) is 0.165. The van der Waals surface area contributed by atoms with Crippen LogP contribution in [-0.4, -0.2) is 26.0 Å². The summed E-state index contributed by atoms with van der Waals surface area (Å²) in [6.45, 7) is 0. The first kappa shape index (κ1) is 21.5. The van der Waals surface area contributed by atoms with Crippen molar-refractivity contribution in [2.75, 3.05) is 0 Å². The molecule has 0 aliphatic heterocycles. The summed E-state index contributed by atoms with van der Waals surface area (Å²) in [6.07, 6.45) is 2.87. The second-order valence-electron chi connectivity index (χ2n) is 8.27. The zero-order chi connectivity index (χ0) is 23.7. The molecule has 3 aromatic carbocycles. The maximum absolute atomic E-state index is 11.0. The van der Waals surface area contributed by atoms with Gasteiger partial charge in [-0.05, 0) is 42.7 Å². The van der Waals surface area contributed by atoms with E-state index in [9.17, 15) is 15.0 Å². The van der Waals surface area contributed by atoms with Gasteiger partial charge in [0, 0.05) is 17.0 Å². The average molecular weight is 457 g/mol. The third-order valence-electron chi connectivity index (χ3n) is 6.17. The minimum Gasteiger partial charge on any atom is -0.505 e. The Morgan fingerprint density at radius 1 is 0.941 bits per heavy atom. The van der Waals surface area contributed by atoms with Gasteiger partial charge in [0.1, 0.15) is 11.4 Å². The van der Waals surface area contributed by atoms with Crippen molar-refractivity contribution in [2.24, 2.45) is 10.2 Å². The third-order valence-corrected chi connectivity index (χ3v) is 6.17. The lowest BCUT2D eigenvalue weighted by molar-refractivity contribution is 0.144. The molecular weight excluding hydrogens is 434 g/mol. The lowest BCUT2D eigenvalue weighted by Gasteiger charge is -2.14. The van der Waals surface area contributed by atoms with Crippen molar-refractivity contribution < 1.29 is 24.9 Å². The average Bonchev–Trinajstić information content (AvgIpc) is 3.44. The Kier molecular flexibility index (Phi) is 5.63. The standard InChI is InChI=1S/C26H23N3O5/c30-24-19(16-7-5-10-18(15-16)34-26(32)33)12-6-13-21(24)27-28-23-20-11-3-4-14-22(20)29(25(23)31)17-8-1-2-9-17/h3-7,10-15,17,30-31H,1-2,8-9H2,(H,32,33). The molecule has 0 atom stereocenters. The van der Waals surface area contributed by atoms with Gasteiger partial charge >= 0.3 is 6.16 Å². The van der Waals surface area contributed by atoms with Gasteiger partial charge in [-0.3, -0.25) is 0 Å². The molecule has 1 fully saturated rings. The van der Waals surface area contributed by atoms with Crippen LogP contribution in [0.5, 0.6) is 17.4 Å². The highest BCUT2D eigenvalue weighted by atomic mass is 16.7. The smallest absolute Gasteiger partial charge is 0.505 e. The number of azo groups is 1. The van der Waals surface area contributed by atoms with E-state index < -0.39 is 6.16 Å². The molecular formula is C26H23N3O5. The van der Waals surface area contributed by atoms with Crippen LogP contribution in [0.15, 0.2) is 77.0 Å². The largest absolute Gasteiger partial charge is 0.511 e. The van der Waals surface area contributed by atoms with E-state index in [1.54, 1.807) is 30.3 Å². The topological polar surface area (TPSA) is 117 Å². The van der Waals surface area contributed by atoms with Crippen molar-refractivity contribution in [3.05, 3.63) is 66.7 Å². The number of benzene rings is 3. The van der Waals surface area contributed by atoms with E-state index >= 15 is 0 Å². The fourth-order valence-corrected chi connectivity index (χ4v) is 4.64. The lowest BCUT2D eigenvalue weighted by Crippen LogP contribution is -2.03. The molecule has 3 N–H and O–H groups in total. The molecule has 1 aliphatic carbocycles. The predicted octanol–water partition coefficient (Wildman–Crippen LogP) is 7.31. The summed E-state index contributed by atoms with van der Waals surface area (Å²) in [5.41, 5.74) is 2.51. The van der Waals surface area contributed by atoms with Crippen LogP contribution in [0, 0.1) is 0 Å². The number of hydrogen-bond donors (Lipinski definition) is 3. The van der Waals surface area contributed by atoms with Gasteiger partial charge < -0.3 is 24.6 Å². The van der Waals surface area contributed by atoms with Crippen LogP contribution in [0.25, 0.3) is 22.0 Å². The van der Waals surface area contributed by atoms with E-state index in [4.69, 9.17) is 9.84 Å². The summed E-state index contributed by atoms with van der Waals surface area (Å²) in [4.78, 5) is 10.8. The highest BCUT2D eigenvalue weighted by molar-refractivity contribution is 5.95. The number of aromatic hydroxyl groups is 2. The van der Waals surface area contributed by atoms with Crippen molar-refractivity contribution in [1.29, 1.82) is 0 Å². The minimum atomic E-state index is -1.42. The highest BCUT2D eigenvalue weighted by Crippen LogP contribution is 2.46. The maximum Gasteiger partial charge on any atom is 0.511 e. The minimum absolute atomic E-state index is 0.0750. The SMILES string of the molecule is O=C(O)Oc1cccc(-c2cccc(N=Nc3c(O)n(C4CCCC4)c4ccccc34)c2O)c1. The number of hydrogen-bond acceptors (Lipinski definition) is 6. The molecule has 1 aromatic heterocycles. The number of aromatic nitrogens is 1. The third kappa shape index (κ3) is 3.94. The van der Waals surface area contributed by atoms with Crippen molar-refractivity contribution in [3.8, 4) is 28.5 Å². The maximum atomic E-state index is 11.0. The zero-order valence-corrected chi connectivity index (χ0v) is 18.3. The van der Waals surface area contributed by atoms with Gasteiger partial charge in [-0.1, -0.05) is 55.3 Å². The number of phenolic OH excluding ortho intramolecular Hbond substituents is 1. The van der Waals surface area contributed by atoms with Crippen LogP contribution in [-0.2, 0) is 0 Å². The van der Waals surface area contributed by atoms with Gasteiger partial charge in [0.25, 0.3) is 0 Å². The molecule has 0 saturated heterocycles. The molecule has 0 spiro atoms. The number of phenols is 1. The van der Waals surface area contributed by atoms with Crippen LogP contribution in [0.2, 0.25) is 0 Å². The molecule has 0 bridgehead atoms. The second kappa shape index (κ2) is 8.90. The number of rotatable bonds is 5. The van der Waals surface area contributed by atoms with E-state index in [1.165, 1.54) is 12.1 Å². The highest BCUT2D eigenvalue weighted by Gasteiger charge is 2.25. The molecule has 5 rings (SSSR count). The fourth-order valence-electron chi connectivity index (χ4n) is 4.64. The van der Waals surface area contributed by atoms with Crippen molar-refractivity contribution in [2.45, 2.75) is 31.7 Å². The van der Waals surface area contributed by atoms with Crippen LogP contribution in [0.4, 0.5) is 16.2 Å². The molecule has 172 valence electrons. The van der Waals surface area contributed by atoms with Crippen LogP contribution >= 0.6 is 0 Å². The molecule has 34 heavy (non-hydrogen) atoms. The summed E-state index contributed by atoms with van der Waals surface area (Å²) >= 11 is 0. The Morgan fingerprint density at radius 3 is 2.50 bits per heavy atom. The lowest BCUT2D eigenvalue weighted by atomic mass is 10.0. The molecule has 0 amide bonds. The van der Waals surface area contributed by atoms with Crippen LogP contribution in [0.3, 0.4) is 0 Å². The molecule has 1 heterocycles. The number of carbonyl (C=O) groups is 1. The van der Waals surface area contributed by atoms with Crippen molar-refractivity contribution in [1.82, 2.24) is 4.57 Å². The predicted molar refractivity (Wildman–Crippen MR) is 127 cm³/mol. The molecule has 4 aromatic rings. The molecule has 0 radical (unpaired) electrons. The van der Waals surface area contributed by atoms with Crippen molar-refractivity contribution >= 4 is 28.4 Å². The summed E-state index contributed by atoms with van der Waals surface area (Å²) in [7, 11) is 0. The van der Waals surface area contributed by atoms with Gasteiger partial charge in [0.05, 0.1) is 5.52 Å². The van der Waals surface area contributed by atoms with Gasteiger partial charge in [-0.15, -0.1) is 10.2 Å². The van der Waals surface area contributed by atoms with Gasteiger partial charge in [0.15, 0.2) is 11.4 Å². The summed E-state index contributed by atoms with van der Waals surface area (Å²) in [5.74, 6) is 0.102. The van der Waals surface area contributed by atoms with E-state index in [2.05, 4.69) is 10.2 Å². The first-order valence-corrected chi connectivity index (χ1v) is 11.1. The molecule has 0 unspecified atom stereocenters. The van der Waals surface area contributed by atoms with Crippen LogP contribution in [0.1, 0.15) is 31.7 Å². The first-order valence-electron chi connectivity index (χ1n) is 11.1. The van der Waals surface area contributed by atoms with E-state index in [-0.39, 0.29) is 29.1 Å². The van der Waals surface area contributed by atoms with E-state index in [0.717, 1.165) is 36.6 Å². The summed E-state index contributed by atoms with van der Waals surface area (Å²) < 4.78 is 6.66. The molecule has 1 saturated carbocycles. The first-order chi connectivity index (χ1) is 16.5. The van der Waals surface area contributed by atoms with E-state index in [0.29, 0.717) is 16.8 Å². The number of nitrogens with zero attached hydrogens (tertiary/aromatic N) is 3. The molecule has 8 nitrogen and oxygen atoms in total. The monoisotopic (exact) mass is 457 g/mol. The second-order valence-corrected chi connectivity index (χ2v) is 8.27. The van der Waals surface area contributed by atoms with Gasteiger partial charge in [0.2, 0.25) is 5.88 Å². The Hall–Kier alpha value is -4.33. The zero-order valence-electron chi connectivity index (χ0n) is 18.3.